The molecule has 0 spiro atoms. The van der Waals surface area contributed by atoms with Gasteiger partial charge in [-0.1, -0.05) is 23.4 Å². The Hall–Kier alpha value is -3.42. The van der Waals surface area contributed by atoms with Crippen molar-refractivity contribution in [3.05, 3.63) is 41.8 Å². The molecule has 3 aromatic heterocycles. The van der Waals surface area contributed by atoms with Crippen LogP contribution in [0.25, 0.3) is 27.9 Å². The molecule has 8 heteroatoms. The second-order valence-corrected chi connectivity index (χ2v) is 7.44. The molecule has 1 saturated carbocycles. The van der Waals surface area contributed by atoms with Gasteiger partial charge in [-0.3, -0.25) is 9.20 Å². The van der Waals surface area contributed by atoms with Crippen LogP contribution in [0.1, 0.15) is 30.2 Å². The number of rotatable bonds is 5. The van der Waals surface area contributed by atoms with Crippen LogP contribution in [-0.2, 0) is 11.2 Å². The summed E-state index contributed by atoms with van der Waals surface area (Å²) < 4.78 is 7.50. The molecule has 28 heavy (non-hydrogen) atoms. The van der Waals surface area contributed by atoms with Crippen LogP contribution in [0.3, 0.4) is 0 Å². The summed E-state index contributed by atoms with van der Waals surface area (Å²) in [7, 11) is 3.88. The van der Waals surface area contributed by atoms with Crippen molar-refractivity contribution in [2.24, 2.45) is 5.73 Å². The van der Waals surface area contributed by atoms with Gasteiger partial charge in [0, 0.05) is 25.4 Å². The minimum absolute atomic E-state index is 0.151. The number of benzene rings is 1. The number of carbonyl (C=O) groups excluding carboxylic acids is 1. The molecule has 0 bridgehead atoms. The van der Waals surface area contributed by atoms with Crippen molar-refractivity contribution in [1.82, 2.24) is 19.5 Å². The number of carbonyl (C=O) groups is 1. The maximum atomic E-state index is 11.7. The number of para-hydroxylation sites is 1. The molecule has 2 N–H and O–H groups in total. The molecule has 3 heterocycles. The summed E-state index contributed by atoms with van der Waals surface area (Å²) in [5, 5.41) is 5.13. The van der Waals surface area contributed by atoms with Crippen molar-refractivity contribution in [3.8, 4) is 11.5 Å². The van der Waals surface area contributed by atoms with Gasteiger partial charge in [-0.25, -0.2) is 4.98 Å². The highest BCUT2D eigenvalue weighted by molar-refractivity contribution is 5.94. The normalized spacial score (nSPS) is 14.1. The second kappa shape index (κ2) is 6.05. The van der Waals surface area contributed by atoms with Crippen molar-refractivity contribution < 1.29 is 9.32 Å². The fraction of sp³-hybridized carbons (Fsp3) is 0.300. The lowest BCUT2D eigenvalue weighted by molar-refractivity contribution is -0.117. The van der Waals surface area contributed by atoms with Crippen molar-refractivity contribution in [2.45, 2.75) is 25.2 Å². The number of aromatic nitrogens is 4. The Bertz CT molecular complexity index is 1220. The second-order valence-electron chi connectivity index (χ2n) is 7.44. The number of amides is 1. The van der Waals surface area contributed by atoms with Gasteiger partial charge in [0.25, 0.3) is 0 Å². The van der Waals surface area contributed by atoms with E-state index in [9.17, 15) is 4.79 Å². The fourth-order valence-electron chi connectivity index (χ4n) is 3.60. The molecule has 1 aliphatic carbocycles. The highest BCUT2D eigenvalue weighted by Gasteiger charge is 2.31. The minimum atomic E-state index is -0.376. The zero-order chi connectivity index (χ0) is 19.4. The molecule has 1 fully saturated rings. The van der Waals surface area contributed by atoms with Crippen LogP contribution in [0, 0.1) is 0 Å². The van der Waals surface area contributed by atoms with Gasteiger partial charge in [-0.05, 0) is 30.5 Å². The number of hydrogen-bond donors (Lipinski definition) is 1. The molecule has 1 aliphatic rings. The highest BCUT2D eigenvalue weighted by Crippen LogP contribution is 2.40. The molecule has 0 saturated heterocycles. The number of hydrogen-bond acceptors (Lipinski definition) is 6. The van der Waals surface area contributed by atoms with Crippen molar-refractivity contribution in [1.29, 1.82) is 0 Å². The van der Waals surface area contributed by atoms with Crippen molar-refractivity contribution in [3.63, 3.8) is 0 Å². The van der Waals surface area contributed by atoms with E-state index in [4.69, 9.17) is 15.2 Å². The van der Waals surface area contributed by atoms with Crippen LogP contribution in [0.15, 0.2) is 34.9 Å². The third-order valence-corrected chi connectivity index (χ3v) is 5.04. The smallest absolute Gasteiger partial charge is 0.230 e. The van der Waals surface area contributed by atoms with Gasteiger partial charge < -0.3 is 15.2 Å². The van der Waals surface area contributed by atoms with E-state index >= 15 is 0 Å². The molecule has 5 rings (SSSR count). The summed E-state index contributed by atoms with van der Waals surface area (Å²) in [5.41, 5.74) is 8.76. The average Bonchev–Trinajstić information content (AvgIpc) is 3.26. The minimum Gasteiger partial charge on any atom is -0.369 e. The molecule has 8 nitrogen and oxygen atoms in total. The number of anilines is 1. The molecule has 0 radical (unpaired) electrons. The number of fused-ring (bicyclic) bond motifs is 3. The van der Waals surface area contributed by atoms with E-state index < -0.39 is 0 Å². The maximum Gasteiger partial charge on any atom is 0.230 e. The molecule has 142 valence electrons. The number of pyridine rings is 1. The lowest BCUT2D eigenvalue weighted by Gasteiger charge is -2.14. The topological polar surface area (TPSA) is 103 Å². The van der Waals surface area contributed by atoms with E-state index in [0.717, 1.165) is 40.8 Å². The van der Waals surface area contributed by atoms with Crippen molar-refractivity contribution >= 4 is 28.3 Å². The monoisotopic (exact) mass is 376 g/mol. The Balaban J connectivity index is 1.83. The summed E-state index contributed by atoms with van der Waals surface area (Å²) in [6.45, 7) is 0. The zero-order valence-electron chi connectivity index (χ0n) is 15.7. The van der Waals surface area contributed by atoms with Gasteiger partial charge in [0.15, 0.2) is 0 Å². The Morgan fingerprint density at radius 2 is 2.04 bits per heavy atom. The largest absolute Gasteiger partial charge is 0.369 e. The van der Waals surface area contributed by atoms with Crippen LogP contribution in [0.5, 0.6) is 0 Å². The third-order valence-electron chi connectivity index (χ3n) is 5.04. The SMILES string of the molecule is CN(C)c1nc(-c2noc(C3CC3)n2)c2cc(CC(N)=O)c3ccccc3n12. The summed E-state index contributed by atoms with van der Waals surface area (Å²) >= 11 is 0. The van der Waals surface area contributed by atoms with Gasteiger partial charge in [-0.2, -0.15) is 4.98 Å². The van der Waals surface area contributed by atoms with Crippen LogP contribution in [0.4, 0.5) is 5.95 Å². The Morgan fingerprint density at radius 3 is 2.75 bits per heavy atom. The van der Waals surface area contributed by atoms with Crippen molar-refractivity contribution in [2.75, 3.05) is 19.0 Å². The molecule has 4 aromatic rings. The molecule has 0 aliphatic heterocycles. The number of nitrogens with two attached hydrogens (primary N) is 1. The number of primary amides is 1. The van der Waals surface area contributed by atoms with Crippen LogP contribution >= 0.6 is 0 Å². The first kappa shape index (κ1) is 16.7. The third kappa shape index (κ3) is 2.60. The van der Waals surface area contributed by atoms with E-state index in [0.29, 0.717) is 23.3 Å². The predicted molar refractivity (Wildman–Crippen MR) is 105 cm³/mol. The summed E-state index contributed by atoms with van der Waals surface area (Å²) in [4.78, 5) is 23.0. The summed E-state index contributed by atoms with van der Waals surface area (Å²) in [6.07, 6.45) is 2.32. The predicted octanol–water partition coefficient (Wildman–Crippen LogP) is 2.51. The molecule has 0 unspecified atom stereocenters. The van der Waals surface area contributed by atoms with E-state index in [-0.39, 0.29) is 12.3 Å². The van der Waals surface area contributed by atoms with Crippen LogP contribution < -0.4 is 10.6 Å². The molecule has 1 aromatic carbocycles. The molecular weight excluding hydrogens is 356 g/mol. The van der Waals surface area contributed by atoms with E-state index in [1.807, 2.05) is 49.3 Å². The Labute approximate surface area is 161 Å². The quantitative estimate of drug-likeness (QED) is 0.574. The Morgan fingerprint density at radius 1 is 1.25 bits per heavy atom. The van der Waals surface area contributed by atoms with Crippen LogP contribution in [-0.4, -0.2) is 39.5 Å². The average molecular weight is 376 g/mol. The number of imidazole rings is 1. The first-order chi connectivity index (χ1) is 13.5. The van der Waals surface area contributed by atoms with Gasteiger partial charge in [0.05, 0.1) is 17.5 Å². The van der Waals surface area contributed by atoms with E-state index in [1.54, 1.807) is 0 Å². The van der Waals surface area contributed by atoms with Crippen LogP contribution in [0.2, 0.25) is 0 Å². The summed E-state index contributed by atoms with van der Waals surface area (Å²) in [5.74, 6) is 1.88. The van der Waals surface area contributed by atoms with Gasteiger partial charge in [0.1, 0.15) is 5.69 Å². The fourth-order valence-corrected chi connectivity index (χ4v) is 3.60. The highest BCUT2D eigenvalue weighted by atomic mass is 16.5. The number of nitrogens with zero attached hydrogens (tertiary/aromatic N) is 5. The van der Waals surface area contributed by atoms with E-state index in [2.05, 4.69) is 14.5 Å². The standard InChI is InChI=1S/C20H20N6O2/c1-25(2)20-22-17(18-23-19(28-24-18)11-7-8-11)15-9-12(10-16(21)27)13-5-3-4-6-14(13)26(15)20/h3-6,9,11H,7-8,10H2,1-2H3,(H2,21,27). The Kier molecular flexibility index (Phi) is 3.61. The van der Waals surface area contributed by atoms with E-state index in [1.165, 1.54) is 0 Å². The molecule has 0 atom stereocenters. The molecule has 1 amide bonds. The summed E-state index contributed by atoms with van der Waals surface area (Å²) in [6, 6.07) is 9.87. The lowest BCUT2D eigenvalue weighted by atomic mass is 10.0. The van der Waals surface area contributed by atoms with Gasteiger partial charge >= 0.3 is 0 Å². The van der Waals surface area contributed by atoms with Gasteiger partial charge in [0.2, 0.25) is 23.6 Å². The molecular formula is C20H20N6O2. The first-order valence-corrected chi connectivity index (χ1v) is 9.25. The maximum absolute atomic E-state index is 11.7. The first-order valence-electron chi connectivity index (χ1n) is 9.25. The zero-order valence-corrected chi connectivity index (χ0v) is 15.7. The lowest BCUT2D eigenvalue weighted by Crippen LogP contribution is -2.15. The van der Waals surface area contributed by atoms with Gasteiger partial charge in [-0.15, -0.1) is 0 Å².